The van der Waals surface area contributed by atoms with Gasteiger partial charge < -0.3 is 9.73 Å². The number of benzene rings is 2. The van der Waals surface area contributed by atoms with E-state index in [0.717, 1.165) is 5.56 Å². The number of hydrogen-bond donors (Lipinski definition) is 2. The Balaban J connectivity index is 1.77. The SMILES string of the molecule is Cc1ccccc1NS(=O)(=O)c1cccc(C(=O)NCc2ccco2)c1. The molecule has 134 valence electrons. The van der Waals surface area contributed by atoms with E-state index in [1.54, 1.807) is 30.3 Å². The first-order valence-electron chi connectivity index (χ1n) is 7.95. The van der Waals surface area contributed by atoms with Crippen LogP contribution in [0.1, 0.15) is 21.7 Å². The van der Waals surface area contributed by atoms with Crippen molar-refractivity contribution in [3.8, 4) is 0 Å². The number of para-hydroxylation sites is 1. The molecule has 7 heteroatoms. The topological polar surface area (TPSA) is 88.4 Å². The maximum Gasteiger partial charge on any atom is 0.261 e. The molecule has 0 spiro atoms. The number of rotatable bonds is 6. The number of furan rings is 1. The monoisotopic (exact) mass is 370 g/mol. The summed E-state index contributed by atoms with van der Waals surface area (Å²) in [6.07, 6.45) is 1.52. The van der Waals surface area contributed by atoms with Crippen molar-refractivity contribution in [2.45, 2.75) is 18.4 Å². The van der Waals surface area contributed by atoms with Crippen LogP contribution in [0.15, 0.2) is 76.2 Å². The zero-order valence-electron chi connectivity index (χ0n) is 14.1. The summed E-state index contributed by atoms with van der Waals surface area (Å²) in [6.45, 7) is 2.04. The summed E-state index contributed by atoms with van der Waals surface area (Å²) in [5.74, 6) is 0.234. The van der Waals surface area contributed by atoms with E-state index >= 15 is 0 Å². The van der Waals surface area contributed by atoms with Gasteiger partial charge in [0.05, 0.1) is 23.4 Å². The Hall–Kier alpha value is -3.06. The molecule has 0 atom stereocenters. The first-order chi connectivity index (χ1) is 12.5. The molecule has 0 fully saturated rings. The number of carbonyl (C=O) groups is 1. The van der Waals surface area contributed by atoms with Crippen LogP contribution in [0.25, 0.3) is 0 Å². The fourth-order valence-electron chi connectivity index (χ4n) is 2.38. The smallest absolute Gasteiger partial charge is 0.261 e. The highest BCUT2D eigenvalue weighted by atomic mass is 32.2. The lowest BCUT2D eigenvalue weighted by atomic mass is 10.2. The number of hydrogen-bond acceptors (Lipinski definition) is 4. The molecule has 3 rings (SSSR count). The van der Waals surface area contributed by atoms with E-state index in [1.165, 1.54) is 24.5 Å². The normalized spacial score (nSPS) is 11.1. The number of nitrogens with one attached hydrogen (secondary N) is 2. The molecule has 0 saturated carbocycles. The number of sulfonamides is 1. The fraction of sp³-hybridized carbons (Fsp3) is 0.105. The predicted molar refractivity (Wildman–Crippen MR) is 98.3 cm³/mol. The minimum absolute atomic E-state index is 0.0198. The fourth-order valence-corrected chi connectivity index (χ4v) is 3.55. The summed E-state index contributed by atoms with van der Waals surface area (Å²) < 4.78 is 32.9. The molecule has 0 aliphatic heterocycles. The van der Waals surface area contributed by atoms with Gasteiger partial charge in [0.15, 0.2) is 0 Å². The Kier molecular flexibility index (Phi) is 5.09. The lowest BCUT2D eigenvalue weighted by Gasteiger charge is -2.11. The molecule has 6 nitrogen and oxygen atoms in total. The van der Waals surface area contributed by atoms with Gasteiger partial charge in [-0.25, -0.2) is 8.42 Å². The van der Waals surface area contributed by atoms with E-state index < -0.39 is 10.0 Å². The average Bonchev–Trinajstić information content (AvgIpc) is 3.15. The van der Waals surface area contributed by atoms with Crippen LogP contribution in [0.5, 0.6) is 0 Å². The van der Waals surface area contributed by atoms with Crippen LogP contribution in [0.3, 0.4) is 0 Å². The van der Waals surface area contributed by atoms with Crippen molar-refractivity contribution in [1.82, 2.24) is 5.32 Å². The molecular weight excluding hydrogens is 352 g/mol. The van der Waals surface area contributed by atoms with E-state index in [4.69, 9.17) is 4.42 Å². The number of amides is 1. The van der Waals surface area contributed by atoms with Gasteiger partial charge in [0.25, 0.3) is 15.9 Å². The van der Waals surface area contributed by atoms with E-state index in [9.17, 15) is 13.2 Å². The third-order valence-corrected chi connectivity index (χ3v) is 5.16. The van der Waals surface area contributed by atoms with E-state index in [1.807, 2.05) is 19.1 Å². The quantitative estimate of drug-likeness (QED) is 0.697. The molecule has 0 aliphatic carbocycles. The van der Waals surface area contributed by atoms with Crippen LogP contribution in [-0.4, -0.2) is 14.3 Å². The summed E-state index contributed by atoms with van der Waals surface area (Å²) in [5, 5.41) is 2.69. The highest BCUT2D eigenvalue weighted by molar-refractivity contribution is 7.92. The molecule has 1 amide bonds. The molecule has 0 bridgehead atoms. The van der Waals surface area contributed by atoms with Crippen LogP contribution in [0.2, 0.25) is 0 Å². The van der Waals surface area contributed by atoms with E-state index in [0.29, 0.717) is 11.4 Å². The molecule has 0 aliphatic rings. The molecule has 0 unspecified atom stereocenters. The van der Waals surface area contributed by atoms with Gasteiger partial charge in [-0.2, -0.15) is 0 Å². The standard InChI is InChI=1S/C19H18N2O4S/c1-14-6-2-3-10-18(14)21-26(23,24)17-9-4-7-15(12-17)19(22)20-13-16-8-5-11-25-16/h2-12,21H,13H2,1H3,(H,20,22). The zero-order chi connectivity index (χ0) is 18.6. The van der Waals surface area contributed by atoms with Gasteiger partial charge in [0.2, 0.25) is 0 Å². The first kappa shape index (κ1) is 17.8. The van der Waals surface area contributed by atoms with Crippen molar-refractivity contribution in [2.24, 2.45) is 0 Å². The van der Waals surface area contributed by atoms with Gasteiger partial charge in [-0.15, -0.1) is 0 Å². The second-order valence-corrected chi connectivity index (χ2v) is 7.39. The number of aryl methyl sites for hydroxylation is 1. The molecule has 2 aromatic carbocycles. The van der Waals surface area contributed by atoms with Crippen LogP contribution in [0.4, 0.5) is 5.69 Å². The van der Waals surface area contributed by atoms with Crippen LogP contribution >= 0.6 is 0 Å². The van der Waals surface area contributed by atoms with Gasteiger partial charge in [0, 0.05) is 5.56 Å². The summed E-state index contributed by atoms with van der Waals surface area (Å²) >= 11 is 0. The zero-order valence-corrected chi connectivity index (χ0v) is 14.9. The molecular formula is C19H18N2O4S. The Morgan fingerprint density at radius 1 is 1.04 bits per heavy atom. The third-order valence-electron chi connectivity index (χ3n) is 3.80. The highest BCUT2D eigenvalue weighted by Gasteiger charge is 2.17. The lowest BCUT2D eigenvalue weighted by Crippen LogP contribution is -2.23. The summed E-state index contributed by atoms with van der Waals surface area (Å²) in [5.41, 5.74) is 1.56. The van der Waals surface area contributed by atoms with Crippen molar-refractivity contribution in [1.29, 1.82) is 0 Å². The lowest BCUT2D eigenvalue weighted by molar-refractivity contribution is 0.0948. The Morgan fingerprint density at radius 3 is 2.58 bits per heavy atom. The van der Waals surface area contributed by atoms with E-state index in [-0.39, 0.29) is 22.9 Å². The van der Waals surface area contributed by atoms with Crippen molar-refractivity contribution in [2.75, 3.05) is 4.72 Å². The molecule has 2 N–H and O–H groups in total. The largest absolute Gasteiger partial charge is 0.467 e. The maximum atomic E-state index is 12.6. The van der Waals surface area contributed by atoms with E-state index in [2.05, 4.69) is 10.0 Å². The number of carbonyl (C=O) groups excluding carboxylic acids is 1. The van der Waals surface area contributed by atoms with Gasteiger partial charge in [-0.3, -0.25) is 9.52 Å². The highest BCUT2D eigenvalue weighted by Crippen LogP contribution is 2.20. The molecule has 3 aromatic rings. The Morgan fingerprint density at radius 2 is 1.85 bits per heavy atom. The first-order valence-corrected chi connectivity index (χ1v) is 9.43. The van der Waals surface area contributed by atoms with Gasteiger partial charge in [-0.1, -0.05) is 24.3 Å². The van der Waals surface area contributed by atoms with Gasteiger partial charge >= 0.3 is 0 Å². The summed E-state index contributed by atoms with van der Waals surface area (Å²) in [6, 6.07) is 16.4. The van der Waals surface area contributed by atoms with Crippen LogP contribution in [0, 0.1) is 6.92 Å². The average molecular weight is 370 g/mol. The summed E-state index contributed by atoms with van der Waals surface area (Å²) in [7, 11) is -3.80. The van der Waals surface area contributed by atoms with Crippen LogP contribution < -0.4 is 10.0 Å². The second kappa shape index (κ2) is 7.45. The minimum Gasteiger partial charge on any atom is -0.467 e. The van der Waals surface area contributed by atoms with Crippen molar-refractivity contribution in [3.63, 3.8) is 0 Å². The molecule has 0 saturated heterocycles. The van der Waals surface area contributed by atoms with Gasteiger partial charge in [-0.05, 0) is 48.9 Å². The van der Waals surface area contributed by atoms with Crippen LogP contribution in [-0.2, 0) is 16.6 Å². The Labute approximate surface area is 151 Å². The molecule has 0 radical (unpaired) electrons. The Bertz CT molecular complexity index is 1010. The van der Waals surface area contributed by atoms with Crippen molar-refractivity contribution >= 4 is 21.6 Å². The van der Waals surface area contributed by atoms with Gasteiger partial charge in [0.1, 0.15) is 5.76 Å². The second-order valence-electron chi connectivity index (χ2n) is 5.71. The minimum atomic E-state index is -3.80. The molecule has 1 heterocycles. The third kappa shape index (κ3) is 4.12. The predicted octanol–water partition coefficient (Wildman–Crippen LogP) is 3.32. The van der Waals surface area contributed by atoms with Crippen molar-refractivity contribution in [3.05, 3.63) is 83.8 Å². The van der Waals surface area contributed by atoms with Crippen molar-refractivity contribution < 1.29 is 17.6 Å². The maximum absolute atomic E-state index is 12.6. The number of anilines is 1. The summed E-state index contributed by atoms with van der Waals surface area (Å²) in [4.78, 5) is 12.3. The molecule has 1 aromatic heterocycles. The molecule has 26 heavy (non-hydrogen) atoms.